The lowest BCUT2D eigenvalue weighted by atomic mass is 9.93. The van der Waals surface area contributed by atoms with E-state index in [0.717, 1.165) is 13.0 Å². The zero-order valence-corrected chi connectivity index (χ0v) is 13.6. The van der Waals surface area contributed by atoms with Gasteiger partial charge in [0.1, 0.15) is 5.54 Å². The maximum atomic E-state index is 12.8. The standard InChI is InChI=1S/C15H27N3O3/c1-5-15(12(19)20)7-6-8-18(15)13(21)17-10-9-16(4)14(2,3)11-17/h5-11H2,1-4H3,(H,19,20). The largest absolute Gasteiger partial charge is 0.479 e. The molecule has 6 heteroatoms. The number of carbonyl (C=O) groups excluding carboxylic acids is 1. The number of carbonyl (C=O) groups is 2. The number of nitrogens with zero attached hydrogens (tertiary/aromatic N) is 3. The average Bonchev–Trinajstić information content (AvgIpc) is 2.86. The molecule has 2 saturated heterocycles. The van der Waals surface area contributed by atoms with Gasteiger partial charge in [0.2, 0.25) is 0 Å². The van der Waals surface area contributed by atoms with Crippen molar-refractivity contribution in [1.29, 1.82) is 0 Å². The molecule has 1 atom stereocenters. The SMILES string of the molecule is CCC1(C(=O)O)CCCN1C(=O)N1CCN(C)C(C)(C)C1. The van der Waals surface area contributed by atoms with Crippen LogP contribution in [0.5, 0.6) is 0 Å². The number of piperazine rings is 1. The number of likely N-dealkylation sites (tertiary alicyclic amines) is 1. The van der Waals surface area contributed by atoms with E-state index in [-0.39, 0.29) is 11.6 Å². The molecule has 1 unspecified atom stereocenters. The third kappa shape index (κ3) is 2.61. The molecule has 2 aliphatic rings. The zero-order valence-electron chi connectivity index (χ0n) is 13.6. The van der Waals surface area contributed by atoms with Gasteiger partial charge in [-0.2, -0.15) is 0 Å². The van der Waals surface area contributed by atoms with Crippen LogP contribution in [0, 0.1) is 0 Å². The van der Waals surface area contributed by atoms with Crippen LogP contribution in [-0.4, -0.2) is 76.1 Å². The number of hydrogen-bond acceptors (Lipinski definition) is 3. The van der Waals surface area contributed by atoms with Gasteiger partial charge in [-0.1, -0.05) is 6.92 Å². The maximum Gasteiger partial charge on any atom is 0.329 e. The van der Waals surface area contributed by atoms with E-state index in [1.165, 1.54) is 0 Å². The molecule has 0 saturated carbocycles. The van der Waals surface area contributed by atoms with Gasteiger partial charge < -0.3 is 14.9 Å². The fourth-order valence-corrected chi connectivity index (χ4v) is 3.47. The molecule has 2 fully saturated rings. The molecule has 0 radical (unpaired) electrons. The Morgan fingerprint density at radius 2 is 1.86 bits per heavy atom. The van der Waals surface area contributed by atoms with E-state index in [0.29, 0.717) is 32.5 Å². The van der Waals surface area contributed by atoms with Gasteiger partial charge >= 0.3 is 12.0 Å². The van der Waals surface area contributed by atoms with E-state index in [4.69, 9.17) is 0 Å². The van der Waals surface area contributed by atoms with Crippen LogP contribution in [0.15, 0.2) is 0 Å². The van der Waals surface area contributed by atoms with E-state index < -0.39 is 11.5 Å². The fourth-order valence-electron chi connectivity index (χ4n) is 3.47. The van der Waals surface area contributed by atoms with Crippen LogP contribution in [0.25, 0.3) is 0 Å². The minimum absolute atomic E-state index is 0.0776. The van der Waals surface area contributed by atoms with Crippen LogP contribution < -0.4 is 0 Å². The highest BCUT2D eigenvalue weighted by molar-refractivity contribution is 5.87. The lowest BCUT2D eigenvalue weighted by Crippen LogP contribution is -2.63. The van der Waals surface area contributed by atoms with Gasteiger partial charge in [-0.05, 0) is 40.2 Å². The van der Waals surface area contributed by atoms with Gasteiger partial charge in [0.25, 0.3) is 0 Å². The molecule has 6 nitrogen and oxygen atoms in total. The monoisotopic (exact) mass is 297 g/mol. The molecule has 0 aliphatic carbocycles. The van der Waals surface area contributed by atoms with Crippen molar-refractivity contribution in [2.75, 3.05) is 33.2 Å². The maximum absolute atomic E-state index is 12.8. The second-order valence-corrected chi connectivity index (χ2v) is 6.88. The number of likely N-dealkylation sites (N-methyl/N-ethyl adjacent to an activating group) is 1. The van der Waals surface area contributed by atoms with Crippen molar-refractivity contribution < 1.29 is 14.7 Å². The average molecular weight is 297 g/mol. The zero-order chi connectivity index (χ0) is 15.8. The Balaban J connectivity index is 2.18. The van der Waals surface area contributed by atoms with Crippen molar-refractivity contribution in [2.24, 2.45) is 0 Å². The Morgan fingerprint density at radius 1 is 1.19 bits per heavy atom. The molecular weight excluding hydrogens is 270 g/mol. The van der Waals surface area contributed by atoms with Crippen LogP contribution >= 0.6 is 0 Å². The molecule has 2 aliphatic heterocycles. The quantitative estimate of drug-likeness (QED) is 0.838. The predicted octanol–water partition coefficient (Wildman–Crippen LogP) is 1.46. The first kappa shape index (κ1) is 16.1. The molecule has 0 bridgehead atoms. The summed E-state index contributed by atoms with van der Waals surface area (Å²) in [5.41, 5.74) is -1.09. The molecule has 120 valence electrons. The van der Waals surface area contributed by atoms with Crippen molar-refractivity contribution in [3.8, 4) is 0 Å². The first-order valence-corrected chi connectivity index (χ1v) is 7.76. The normalized spacial score (nSPS) is 29.7. The smallest absolute Gasteiger partial charge is 0.329 e. The summed E-state index contributed by atoms with van der Waals surface area (Å²) in [6.07, 6.45) is 1.79. The van der Waals surface area contributed by atoms with Crippen LogP contribution in [-0.2, 0) is 4.79 Å². The number of carboxylic acids is 1. The van der Waals surface area contributed by atoms with Crippen LogP contribution in [0.1, 0.15) is 40.0 Å². The summed E-state index contributed by atoms with van der Waals surface area (Å²) in [6.45, 7) is 8.74. The molecule has 1 N–H and O–H groups in total. The Kier molecular flexibility index (Phi) is 4.19. The highest BCUT2D eigenvalue weighted by Gasteiger charge is 2.50. The van der Waals surface area contributed by atoms with E-state index in [1.807, 2.05) is 11.8 Å². The first-order valence-electron chi connectivity index (χ1n) is 7.76. The Hall–Kier alpha value is -1.30. The summed E-state index contributed by atoms with van der Waals surface area (Å²) >= 11 is 0. The Labute approximate surface area is 126 Å². The van der Waals surface area contributed by atoms with E-state index in [9.17, 15) is 14.7 Å². The first-order chi connectivity index (χ1) is 9.74. The lowest BCUT2D eigenvalue weighted by molar-refractivity contribution is -0.148. The summed E-state index contributed by atoms with van der Waals surface area (Å²) in [5.74, 6) is -0.871. The highest BCUT2D eigenvalue weighted by atomic mass is 16.4. The summed E-state index contributed by atoms with van der Waals surface area (Å²) in [5, 5.41) is 9.61. The van der Waals surface area contributed by atoms with E-state index >= 15 is 0 Å². The topological polar surface area (TPSA) is 64.1 Å². The number of carboxylic acid groups (broad SMARTS) is 1. The molecule has 0 aromatic rings. The second-order valence-electron chi connectivity index (χ2n) is 6.88. The van der Waals surface area contributed by atoms with Crippen LogP contribution in [0.3, 0.4) is 0 Å². The Bertz CT molecular complexity index is 438. The second kappa shape index (κ2) is 5.48. The molecule has 0 aromatic heterocycles. The summed E-state index contributed by atoms with van der Waals surface area (Å²) < 4.78 is 0. The van der Waals surface area contributed by atoms with Crippen molar-refractivity contribution >= 4 is 12.0 Å². The molecule has 2 amide bonds. The highest BCUT2D eigenvalue weighted by Crippen LogP contribution is 2.34. The third-order valence-electron chi connectivity index (χ3n) is 5.29. The molecule has 2 heterocycles. The van der Waals surface area contributed by atoms with Gasteiger partial charge in [0.15, 0.2) is 0 Å². The van der Waals surface area contributed by atoms with E-state index in [2.05, 4.69) is 25.8 Å². The number of urea groups is 1. The molecule has 21 heavy (non-hydrogen) atoms. The van der Waals surface area contributed by atoms with Gasteiger partial charge in [-0.15, -0.1) is 0 Å². The van der Waals surface area contributed by atoms with Gasteiger partial charge in [-0.25, -0.2) is 9.59 Å². The summed E-state index contributed by atoms with van der Waals surface area (Å²) in [6, 6.07) is -0.113. The third-order valence-corrected chi connectivity index (χ3v) is 5.29. The van der Waals surface area contributed by atoms with Crippen molar-refractivity contribution in [3.63, 3.8) is 0 Å². The van der Waals surface area contributed by atoms with E-state index in [1.54, 1.807) is 4.90 Å². The van der Waals surface area contributed by atoms with Gasteiger partial charge in [0.05, 0.1) is 0 Å². The summed E-state index contributed by atoms with van der Waals surface area (Å²) in [7, 11) is 2.06. The van der Waals surface area contributed by atoms with Crippen LogP contribution in [0.4, 0.5) is 4.79 Å². The van der Waals surface area contributed by atoms with Gasteiger partial charge in [-0.3, -0.25) is 4.90 Å². The van der Waals surface area contributed by atoms with Crippen LogP contribution in [0.2, 0.25) is 0 Å². The Morgan fingerprint density at radius 3 is 2.38 bits per heavy atom. The lowest BCUT2D eigenvalue weighted by Gasteiger charge is -2.47. The van der Waals surface area contributed by atoms with Gasteiger partial charge in [0, 0.05) is 31.7 Å². The van der Waals surface area contributed by atoms with Crippen molar-refractivity contribution in [3.05, 3.63) is 0 Å². The molecular formula is C15H27N3O3. The number of rotatable bonds is 2. The number of hydrogen-bond donors (Lipinski definition) is 1. The molecule has 2 rings (SSSR count). The predicted molar refractivity (Wildman–Crippen MR) is 80.3 cm³/mol. The minimum Gasteiger partial charge on any atom is -0.479 e. The molecule has 0 spiro atoms. The number of aliphatic carboxylic acids is 1. The van der Waals surface area contributed by atoms with Crippen molar-refractivity contribution in [1.82, 2.24) is 14.7 Å². The molecule has 0 aromatic carbocycles. The summed E-state index contributed by atoms with van der Waals surface area (Å²) in [4.78, 5) is 30.2. The number of amides is 2. The van der Waals surface area contributed by atoms with Crippen molar-refractivity contribution in [2.45, 2.75) is 51.1 Å². The minimum atomic E-state index is -1.01. The fraction of sp³-hybridized carbons (Fsp3) is 0.867.